The molecule has 84 valence electrons. The zero-order valence-corrected chi connectivity index (χ0v) is 11.9. The van der Waals surface area contributed by atoms with Crippen LogP contribution in [-0.4, -0.2) is 6.54 Å². The molecule has 0 bridgehead atoms. The molecule has 0 atom stereocenters. The molecule has 0 amide bonds. The lowest BCUT2D eigenvalue weighted by Crippen LogP contribution is -2.22. The zero-order valence-electron chi connectivity index (χ0n) is 8.78. The number of furan rings is 1. The van der Waals surface area contributed by atoms with Crippen LogP contribution in [0.4, 0.5) is 0 Å². The molecule has 15 heavy (non-hydrogen) atoms. The van der Waals surface area contributed by atoms with Gasteiger partial charge in [0.1, 0.15) is 5.76 Å². The predicted octanol–water partition coefficient (Wildman–Crippen LogP) is 4.08. The Labute approximate surface area is 107 Å². The molecular formula is C11H15Br2NO. The molecule has 0 radical (unpaired) electrons. The van der Waals surface area contributed by atoms with E-state index >= 15 is 0 Å². The Morgan fingerprint density at radius 2 is 2.20 bits per heavy atom. The molecule has 4 heteroatoms. The second kappa shape index (κ2) is 4.60. The second-order valence-corrected chi connectivity index (χ2v) is 5.87. The van der Waals surface area contributed by atoms with Gasteiger partial charge in [-0.3, -0.25) is 0 Å². The van der Waals surface area contributed by atoms with Crippen LogP contribution in [0.25, 0.3) is 0 Å². The average molecular weight is 337 g/mol. The molecule has 0 spiro atoms. The third-order valence-electron chi connectivity index (χ3n) is 3.20. The van der Waals surface area contributed by atoms with Crippen molar-refractivity contribution >= 4 is 31.9 Å². The van der Waals surface area contributed by atoms with Gasteiger partial charge in [-0.25, -0.2) is 0 Å². The van der Waals surface area contributed by atoms with E-state index in [0.29, 0.717) is 5.41 Å². The van der Waals surface area contributed by atoms with Crippen molar-refractivity contribution in [1.29, 1.82) is 0 Å². The maximum absolute atomic E-state index is 5.49. The number of nitrogens with one attached hydrogen (secondary N) is 1. The highest BCUT2D eigenvalue weighted by atomic mass is 79.9. The molecule has 1 aromatic rings. The maximum atomic E-state index is 5.49. The largest absolute Gasteiger partial charge is 0.452 e. The lowest BCUT2D eigenvalue weighted by atomic mass is 10.0. The quantitative estimate of drug-likeness (QED) is 0.876. The third-order valence-corrected chi connectivity index (χ3v) is 4.91. The van der Waals surface area contributed by atoms with E-state index in [1.54, 1.807) is 0 Å². The van der Waals surface area contributed by atoms with E-state index in [0.717, 1.165) is 28.0 Å². The van der Waals surface area contributed by atoms with Crippen molar-refractivity contribution in [1.82, 2.24) is 5.32 Å². The van der Waals surface area contributed by atoms with Crippen LogP contribution in [0.15, 0.2) is 19.6 Å². The Kier molecular flexibility index (Phi) is 3.58. The fraction of sp³-hybridized carbons (Fsp3) is 0.636. The number of hydrogen-bond donors (Lipinski definition) is 1. The minimum absolute atomic E-state index is 0.598. The van der Waals surface area contributed by atoms with Crippen LogP contribution in [-0.2, 0) is 6.54 Å². The Hall–Kier alpha value is 0.200. The van der Waals surface area contributed by atoms with E-state index in [-0.39, 0.29) is 0 Å². The zero-order chi connectivity index (χ0) is 10.9. The third kappa shape index (κ3) is 2.86. The summed E-state index contributed by atoms with van der Waals surface area (Å²) >= 11 is 6.74. The van der Waals surface area contributed by atoms with Crippen LogP contribution in [0.2, 0.25) is 0 Å². The van der Waals surface area contributed by atoms with Crippen LogP contribution in [0.5, 0.6) is 0 Å². The number of halogens is 2. The summed E-state index contributed by atoms with van der Waals surface area (Å²) in [6.07, 6.45) is 4.04. The van der Waals surface area contributed by atoms with Crippen molar-refractivity contribution in [3.63, 3.8) is 0 Å². The molecule has 1 N–H and O–H groups in total. The fourth-order valence-corrected chi connectivity index (χ4v) is 2.42. The molecule has 0 aliphatic heterocycles. The van der Waals surface area contributed by atoms with Crippen LogP contribution in [0.1, 0.15) is 31.9 Å². The van der Waals surface area contributed by atoms with Gasteiger partial charge in [0, 0.05) is 6.54 Å². The highest BCUT2D eigenvalue weighted by molar-refractivity contribution is 9.13. The number of hydrogen-bond acceptors (Lipinski definition) is 2. The fourth-order valence-electron chi connectivity index (χ4n) is 1.76. The van der Waals surface area contributed by atoms with Crippen LogP contribution < -0.4 is 5.32 Å². The average Bonchev–Trinajstić information content (AvgIpc) is 2.91. The van der Waals surface area contributed by atoms with Crippen LogP contribution >= 0.6 is 31.9 Å². The van der Waals surface area contributed by atoms with Crippen LogP contribution in [0.3, 0.4) is 0 Å². The van der Waals surface area contributed by atoms with E-state index in [9.17, 15) is 0 Å². The first-order valence-electron chi connectivity index (χ1n) is 5.30. The van der Waals surface area contributed by atoms with Crippen molar-refractivity contribution < 1.29 is 4.42 Å². The lowest BCUT2D eigenvalue weighted by Gasteiger charge is -2.12. The van der Waals surface area contributed by atoms with Gasteiger partial charge >= 0.3 is 0 Å². The van der Waals surface area contributed by atoms with Gasteiger partial charge in [-0.2, -0.15) is 0 Å². The Morgan fingerprint density at radius 1 is 1.47 bits per heavy atom. The van der Waals surface area contributed by atoms with Gasteiger partial charge in [0.25, 0.3) is 0 Å². The van der Waals surface area contributed by atoms with Gasteiger partial charge in [0.15, 0.2) is 4.67 Å². The Balaban J connectivity index is 1.78. The van der Waals surface area contributed by atoms with Crippen LogP contribution in [0, 0.1) is 5.41 Å². The summed E-state index contributed by atoms with van der Waals surface area (Å²) in [5.74, 6) is 0.973. The van der Waals surface area contributed by atoms with Crippen molar-refractivity contribution in [3.8, 4) is 0 Å². The summed E-state index contributed by atoms with van der Waals surface area (Å²) in [6, 6.07) is 2.00. The van der Waals surface area contributed by atoms with Crippen molar-refractivity contribution in [2.75, 3.05) is 6.54 Å². The van der Waals surface area contributed by atoms with E-state index < -0.39 is 0 Å². The minimum atomic E-state index is 0.598. The van der Waals surface area contributed by atoms with Crippen molar-refractivity contribution in [3.05, 3.63) is 21.0 Å². The molecule has 1 aliphatic rings. The van der Waals surface area contributed by atoms with Gasteiger partial charge in [0.05, 0.1) is 11.0 Å². The van der Waals surface area contributed by atoms with Crippen molar-refractivity contribution in [2.24, 2.45) is 5.41 Å². The normalized spacial score (nSPS) is 18.1. The molecule has 2 nitrogen and oxygen atoms in total. The second-order valence-electron chi connectivity index (χ2n) is 4.29. The molecule has 1 heterocycles. The first-order chi connectivity index (χ1) is 7.15. The van der Waals surface area contributed by atoms with E-state index in [4.69, 9.17) is 4.42 Å². The maximum Gasteiger partial charge on any atom is 0.183 e. The molecule has 1 aliphatic carbocycles. The van der Waals surface area contributed by atoms with E-state index in [2.05, 4.69) is 44.1 Å². The SMILES string of the molecule is CCC1(CNCc2cc(Br)c(Br)o2)CC1. The standard InChI is InChI=1S/C11H15Br2NO/c1-2-11(3-4-11)7-14-6-8-5-9(12)10(13)15-8/h5,14H,2-4,6-7H2,1H3. The summed E-state index contributed by atoms with van der Waals surface area (Å²) in [5.41, 5.74) is 0.598. The number of rotatable bonds is 5. The van der Waals surface area contributed by atoms with Gasteiger partial charge in [-0.05, 0) is 62.6 Å². The molecular weight excluding hydrogens is 322 g/mol. The van der Waals surface area contributed by atoms with Gasteiger partial charge in [-0.1, -0.05) is 6.92 Å². The van der Waals surface area contributed by atoms with Crippen molar-refractivity contribution in [2.45, 2.75) is 32.7 Å². The smallest absolute Gasteiger partial charge is 0.183 e. The lowest BCUT2D eigenvalue weighted by molar-refractivity contribution is 0.411. The topological polar surface area (TPSA) is 25.2 Å². The van der Waals surface area contributed by atoms with Gasteiger partial charge in [0.2, 0.25) is 0 Å². The predicted molar refractivity (Wildman–Crippen MR) is 67.8 cm³/mol. The summed E-state index contributed by atoms with van der Waals surface area (Å²) in [7, 11) is 0. The molecule has 1 aromatic heterocycles. The summed E-state index contributed by atoms with van der Waals surface area (Å²) < 4.78 is 7.25. The summed E-state index contributed by atoms with van der Waals surface area (Å²) in [5, 5.41) is 3.46. The minimum Gasteiger partial charge on any atom is -0.452 e. The molecule has 1 fully saturated rings. The molecule has 1 saturated carbocycles. The monoisotopic (exact) mass is 335 g/mol. The highest BCUT2D eigenvalue weighted by Gasteiger charge is 2.39. The Morgan fingerprint density at radius 3 is 2.67 bits per heavy atom. The molecule has 0 aromatic carbocycles. The van der Waals surface area contributed by atoms with E-state index in [1.807, 2.05) is 6.07 Å². The molecule has 0 unspecified atom stereocenters. The summed E-state index contributed by atoms with van der Waals surface area (Å²) in [6.45, 7) is 4.19. The van der Waals surface area contributed by atoms with Gasteiger partial charge < -0.3 is 9.73 Å². The molecule has 2 rings (SSSR count). The van der Waals surface area contributed by atoms with Gasteiger partial charge in [-0.15, -0.1) is 0 Å². The summed E-state index contributed by atoms with van der Waals surface area (Å²) in [4.78, 5) is 0. The first kappa shape index (κ1) is 11.7. The Bertz CT molecular complexity index is 325. The van der Waals surface area contributed by atoms with E-state index in [1.165, 1.54) is 19.3 Å². The first-order valence-corrected chi connectivity index (χ1v) is 6.88. The molecule has 0 saturated heterocycles. The highest BCUT2D eigenvalue weighted by Crippen LogP contribution is 2.47.